The van der Waals surface area contributed by atoms with Gasteiger partial charge in [-0.05, 0) is 32.2 Å². The molecule has 1 aliphatic carbocycles. The molecule has 0 bridgehead atoms. The molecular formula is C10H20N2S. The van der Waals surface area contributed by atoms with Crippen LogP contribution >= 0.6 is 11.8 Å². The van der Waals surface area contributed by atoms with Gasteiger partial charge in [0.2, 0.25) is 0 Å². The van der Waals surface area contributed by atoms with Crippen LogP contribution in [0.25, 0.3) is 0 Å². The van der Waals surface area contributed by atoms with Crippen molar-refractivity contribution in [1.29, 1.82) is 0 Å². The lowest BCUT2D eigenvalue weighted by Crippen LogP contribution is -2.49. The Morgan fingerprint density at radius 2 is 1.92 bits per heavy atom. The molecule has 0 spiro atoms. The third-order valence-electron chi connectivity index (χ3n) is 3.38. The zero-order valence-electron chi connectivity index (χ0n) is 8.30. The van der Waals surface area contributed by atoms with Crippen LogP contribution in [0.5, 0.6) is 0 Å². The summed E-state index contributed by atoms with van der Waals surface area (Å²) in [6.45, 7) is 3.79. The van der Waals surface area contributed by atoms with Gasteiger partial charge in [-0.25, -0.2) is 0 Å². The Labute approximate surface area is 85.2 Å². The van der Waals surface area contributed by atoms with E-state index in [-0.39, 0.29) is 5.54 Å². The molecule has 0 amide bonds. The molecule has 2 nitrogen and oxygen atoms in total. The molecule has 1 saturated heterocycles. The van der Waals surface area contributed by atoms with Crippen LogP contribution in [0.15, 0.2) is 0 Å². The van der Waals surface area contributed by atoms with Gasteiger partial charge in [0, 0.05) is 30.1 Å². The second-order valence-electron chi connectivity index (χ2n) is 4.42. The minimum Gasteiger partial charge on any atom is -0.325 e. The fourth-order valence-electron chi connectivity index (χ4n) is 2.09. The fourth-order valence-corrected chi connectivity index (χ4v) is 3.07. The highest BCUT2D eigenvalue weighted by atomic mass is 32.2. The second-order valence-corrected chi connectivity index (χ2v) is 5.64. The monoisotopic (exact) mass is 200 g/mol. The van der Waals surface area contributed by atoms with Crippen LogP contribution in [0, 0.1) is 0 Å². The number of nitrogens with two attached hydrogens (primary N) is 1. The zero-order chi connectivity index (χ0) is 9.15. The summed E-state index contributed by atoms with van der Waals surface area (Å²) in [7, 11) is 0. The topological polar surface area (TPSA) is 29.3 Å². The summed E-state index contributed by atoms with van der Waals surface area (Å²) in [4.78, 5) is 2.57. The first kappa shape index (κ1) is 9.81. The molecule has 0 aromatic rings. The fraction of sp³-hybridized carbons (Fsp3) is 1.00. The summed E-state index contributed by atoms with van der Waals surface area (Å²) in [5, 5.41) is 0. The average molecular weight is 200 g/mol. The van der Waals surface area contributed by atoms with Crippen molar-refractivity contribution in [1.82, 2.24) is 4.90 Å². The van der Waals surface area contributed by atoms with Crippen LogP contribution in [-0.2, 0) is 0 Å². The van der Waals surface area contributed by atoms with Crippen molar-refractivity contribution >= 4 is 11.8 Å². The summed E-state index contributed by atoms with van der Waals surface area (Å²) in [6.07, 6.45) is 5.09. The molecule has 1 saturated carbocycles. The Hall–Kier alpha value is 0.270. The molecule has 0 aromatic heterocycles. The van der Waals surface area contributed by atoms with Crippen LogP contribution in [0.1, 0.15) is 25.7 Å². The number of hydrogen-bond donors (Lipinski definition) is 1. The number of nitrogens with zero attached hydrogens (tertiary/aromatic N) is 1. The summed E-state index contributed by atoms with van der Waals surface area (Å²) in [5.74, 6) is 2.63. The minimum absolute atomic E-state index is 0.227. The van der Waals surface area contributed by atoms with Crippen molar-refractivity contribution in [3.63, 3.8) is 0 Å². The predicted molar refractivity (Wildman–Crippen MR) is 59.2 cm³/mol. The zero-order valence-corrected chi connectivity index (χ0v) is 9.11. The molecule has 1 aliphatic heterocycles. The van der Waals surface area contributed by atoms with Crippen LogP contribution < -0.4 is 5.73 Å². The standard InChI is InChI=1S/C10H20N2S/c11-10(2-1-3-10)4-5-12-6-8-13-9-7-12/h1-9,11H2. The van der Waals surface area contributed by atoms with E-state index in [1.54, 1.807) is 0 Å². The summed E-state index contributed by atoms with van der Waals surface area (Å²) < 4.78 is 0. The highest BCUT2D eigenvalue weighted by molar-refractivity contribution is 7.99. The van der Waals surface area contributed by atoms with Gasteiger partial charge >= 0.3 is 0 Å². The lowest BCUT2D eigenvalue weighted by molar-refractivity contribution is 0.188. The van der Waals surface area contributed by atoms with Gasteiger partial charge in [-0.15, -0.1) is 0 Å². The van der Waals surface area contributed by atoms with E-state index in [1.165, 1.54) is 56.8 Å². The van der Waals surface area contributed by atoms with E-state index in [0.717, 1.165) is 0 Å². The molecule has 0 unspecified atom stereocenters. The van der Waals surface area contributed by atoms with Gasteiger partial charge in [-0.3, -0.25) is 0 Å². The van der Waals surface area contributed by atoms with Gasteiger partial charge in [-0.2, -0.15) is 11.8 Å². The first-order valence-corrected chi connectivity index (χ1v) is 6.53. The maximum absolute atomic E-state index is 6.19. The molecule has 0 aromatic carbocycles. The number of hydrogen-bond acceptors (Lipinski definition) is 3. The van der Waals surface area contributed by atoms with Gasteiger partial charge in [0.1, 0.15) is 0 Å². The molecule has 0 atom stereocenters. The average Bonchev–Trinajstić information content (AvgIpc) is 2.13. The third-order valence-corrected chi connectivity index (χ3v) is 4.32. The quantitative estimate of drug-likeness (QED) is 0.745. The van der Waals surface area contributed by atoms with E-state index < -0.39 is 0 Å². The Morgan fingerprint density at radius 1 is 1.23 bits per heavy atom. The Kier molecular flexibility index (Phi) is 3.17. The van der Waals surface area contributed by atoms with Gasteiger partial charge < -0.3 is 10.6 Å². The van der Waals surface area contributed by atoms with E-state index >= 15 is 0 Å². The molecule has 0 radical (unpaired) electrons. The Bertz CT molecular complexity index is 162. The minimum atomic E-state index is 0.227. The second kappa shape index (κ2) is 4.20. The van der Waals surface area contributed by atoms with E-state index in [2.05, 4.69) is 16.7 Å². The Balaban J connectivity index is 1.66. The SMILES string of the molecule is NC1(CCN2CCSCC2)CCC1. The van der Waals surface area contributed by atoms with Crippen molar-refractivity contribution in [2.24, 2.45) is 5.73 Å². The summed E-state index contributed by atoms with van der Waals surface area (Å²) in [5.41, 5.74) is 6.41. The van der Waals surface area contributed by atoms with E-state index in [9.17, 15) is 0 Å². The van der Waals surface area contributed by atoms with Crippen molar-refractivity contribution in [3.05, 3.63) is 0 Å². The molecule has 76 valence electrons. The molecule has 2 aliphatic rings. The predicted octanol–water partition coefficient (Wildman–Crippen LogP) is 1.31. The summed E-state index contributed by atoms with van der Waals surface area (Å²) >= 11 is 2.08. The molecule has 2 N–H and O–H groups in total. The van der Waals surface area contributed by atoms with E-state index in [0.29, 0.717) is 0 Å². The highest BCUT2D eigenvalue weighted by Crippen LogP contribution is 2.32. The molecule has 13 heavy (non-hydrogen) atoms. The van der Waals surface area contributed by atoms with Gasteiger partial charge in [0.15, 0.2) is 0 Å². The lowest BCUT2D eigenvalue weighted by atomic mass is 9.75. The van der Waals surface area contributed by atoms with Crippen LogP contribution in [-0.4, -0.2) is 41.6 Å². The van der Waals surface area contributed by atoms with Gasteiger partial charge in [0.25, 0.3) is 0 Å². The Morgan fingerprint density at radius 3 is 2.46 bits per heavy atom. The lowest BCUT2D eigenvalue weighted by Gasteiger charge is -2.40. The van der Waals surface area contributed by atoms with Gasteiger partial charge in [-0.1, -0.05) is 0 Å². The summed E-state index contributed by atoms with van der Waals surface area (Å²) in [6, 6.07) is 0. The van der Waals surface area contributed by atoms with E-state index in [1.807, 2.05) is 0 Å². The third kappa shape index (κ3) is 2.61. The molecule has 3 heteroatoms. The van der Waals surface area contributed by atoms with E-state index in [4.69, 9.17) is 5.73 Å². The normalized spacial score (nSPS) is 28.4. The first-order chi connectivity index (χ1) is 6.29. The maximum atomic E-state index is 6.19. The largest absolute Gasteiger partial charge is 0.325 e. The van der Waals surface area contributed by atoms with Crippen molar-refractivity contribution in [3.8, 4) is 0 Å². The molecule has 1 heterocycles. The van der Waals surface area contributed by atoms with Crippen LogP contribution in [0.4, 0.5) is 0 Å². The van der Waals surface area contributed by atoms with Gasteiger partial charge in [0.05, 0.1) is 0 Å². The number of rotatable bonds is 3. The molecule has 2 fully saturated rings. The first-order valence-electron chi connectivity index (χ1n) is 5.38. The van der Waals surface area contributed by atoms with Crippen molar-refractivity contribution in [2.45, 2.75) is 31.2 Å². The van der Waals surface area contributed by atoms with Crippen LogP contribution in [0.3, 0.4) is 0 Å². The van der Waals surface area contributed by atoms with Crippen molar-refractivity contribution in [2.75, 3.05) is 31.1 Å². The smallest absolute Gasteiger partial charge is 0.0166 e. The highest BCUT2D eigenvalue weighted by Gasteiger charge is 2.32. The maximum Gasteiger partial charge on any atom is 0.0166 e. The van der Waals surface area contributed by atoms with Crippen molar-refractivity contribution < 1.29 is 0 Å². The molecule has 2 rings (SSSR count). The molecular weight excluding hydrogens is 180 g/mol. The van der Waals surface area contributed by atoms with Crippen LogP contribution in [0.2, 0.25) is 0 Å². The number of thioether (sulfide) groups is 1.